The highest BCUT2D eigenvalue weighted by Crippen LogP contribution is 2.34. The third kappa shape index (κ3) is 5.41. The molecular weight excluding hydrogens is 469 g/mol. The van der Waals surface area contributed by atoms with Crippen molar-refractivity contribution in [2.24, 2.45) is 0 Å². The maximum Gasteiger partial charge on any atom is 0.418 e. The first-order valence-electron chi connectivity index (χ1n) is 11.1. The van der Waals surface area contributed by atoms with Crippen molar-refractivity contribution in [1.82, 2.24) is 14.7 Å². The Balaban J connectivity index is 1.29. The maximum absolute atomic E-state index is 13.1. The highest BCUT2D eigenvalue weighted by Gasteiger charge is 2.38. The molecule has 3 heterocycles. The van der Waals surface area contributed by atoms with E-state index in [1.165, 1.54) is 29.5 Å². The van der Waals surface area contributed by atoms with Crippen LogP contribution in [0.25, 0.3) is 0 Å². The van der Waals surface area contributed by atoms with Gasteiger partial charge in [0.2, 0.25) is 11.8 Å². The molecule has 2 aromatic rings. The van der Waals surface area contributed by atoms with Crippen molar-refractivity contribution in [2.45, 2.75) is 25.1 Å². The molecule has 3 amide bonds. The molecule has 1 aromatic carbocycles. The average Bonchev–Trinajstić information content (AvgIpc) is 3.51. The van der Waals surface area contributed by atoms with Crippen LogP contribution >= 0.6 is 11.3 Å². The Morgan fingerprint density at radius 1 is 1.00 bits per heavy atom. The maximum atomic E-state index is 13.1. The SMILES string of the molecule is O=C(CN1CCN(C(=O)[C@@H]2CCCN2C(=O)c2cccs2)CC1)Nc1ccccc1C(F)(F)F. The Kier molecular flexibility index (Phi) is 7.22. The normalized spacial score (nSPS) is 19.3. The van der Waals surface area contributed by atoms with Crippen molar-refractivity contribution in [3.63, 3.8) is 0 Å². The highest BCUT2D eigenvalue weighted by atomic mass is 32.1. The van der Waals surface area contributed by atoms with Gasteiger partial charge in [-0.15, -0.1) is 11.3 Å². The number of rotatable bonds is 5. The van der Waals surface area contributed by atoms with Gasteiger partial charge in [0.15, 0.2) is 0 Å². The lowest BCUT2D eigenvalue weighted by atomic mass is 10.1. The Bertz CT molecular complexity index is 1040. The number of alkyl halides is 3. The number of hydrogen-bond acceptors (Lipinski definition) is 5. The molecule has 1 atom stereocenters. The minimum Gasteiger partial charge on any atom is -0.338 e. The molecule has 2 aliphatic heterocycles. The first-order chi connectivity index (χ1) is 16.2. The number of carbonyl (C=O) groups excluding carboxylic acids is 3. The minimum atomic E-state index is -4.56. The molecule has 0 saturated carbocycles. The predicted octanol–water partition coefficient (Wildman–Crippen LogP) is 3.15. The Morgan fingerprint density at radius 2 is 1.74 bits per heavy atom. The van der Waals surface area contributed by atoms with Crippen LogP contribution in [0.4, 0.5) is 18.9 Å². The standard InChI is InChI=1S/C23H25F3N4O3S/c24-23(25,26)16-5-1-2-6-17(16)27-20(31)15-28-10-12-29(13-11-28)21(32)18-7-3-9-30(18)22(33)19-8-4-14-34-19/h1-2,4-6,8,14,18H,3,7,9-13,15H2,(H,27,31)/t18-/m0/s1. The van der Waals surface area contributed by atoms with E-state index < -0.39 is 23.7 Å². The van der Waals surface area contributed by atoms with Gasteiger partial charge in [-0.3, -0.25) is 19.3 Å². The van der Waals surface area contributed by atoms with Crippen LogP contribution in [0.2, 0.25) is 0 Å². The number of hydrogen-bond donors (Lipinski definition) is 1. The number of thiophene rings is 1. The zero-order valence-electron chi connectivity index (χ0n) is 18.4. The van der Waals surface area contributed by atoms with Crippen molar-refractivity contribution in [2.75, 3.05) is 44.6 Å². The minimum absolute atomic E-state index is 0.0688. The molecule has 0 aliphatic carbocycles. The molecule has 11 heteroatoms. The summed E-state index contributed by atoms with van der Waals surface area (Å²) >= 11 is 1.35. The van der Waals surface area contributed by atoms with E-state index in [0.29, 0.717) is 44.0 Å². The van der Waals surface area contributed by atoms with Gasteiger partial charge in [-0.25, -0.2) is 0 Å². The summed E-state index contributed by atoms with van der Waals surface area (Å²) in [5.74, 6) is -0.758. The summed E-state index contributed by atoms with van der Waals surface area (Å²) < 4.78 is 39.4. The van der Waals surface area contributed by atoms with E-state index in [2.05, 4.69) is 5.32 Å². The predicted molar refractivity (Wildman–Crippen MR) is 121 cm³/mol. The molecule has 2 aliphatic rings. The molecule has 182 valence electrons. The fourth-order valence-corrected chi connectivity index (χ4v) is 5.06. The first kappa shape index (κ1) is 24.2. The lowest BCUT2D eigenvalue weighted by Crippen LogP contribution is -2.55. The van der Waals surface area contributed by atoms with Gasteiger partial charge in [-0.05, 0) is 36.4 Å². The summed E-state index contributed by atoms with van der Waals surface area (Å²) in [6.45, 7) is 2.11. The molecule has 1 aromatic heterocycles. The smallest absolute Gasteiger partial charge is 0.338 e. The van der Waals surface area contributed by atoms with E-state index in [1.807, 2.05) is 11.4 Å². The Labute approximate surface area is 199 Å². The van der Waals surface area contributed by atoms with Crippen LogP contribution in [0.5, 0.6) is 0 Å². The summed E-state index contributed by atoms with van der Waals surface area (Å²) in [5, 5.41) is 4.18. The van der Waals surface area contributed by atoms with Crippen LogP contribution in [-0.2, 0) is 15.8 Å². The van der Waals surface area contributed by atoms with Gasteiger partial charge in [-0.1, -0.05) is 18.2 Å². The summed E-state index contributed by atoms with van der Waals surface area (Å²) in [6, 6.07) is 7.94. The van der Waals surface area contributed by atoms with Crippen molar-refractivity contribution in [3.05, 3.63) is 52.2 Å². The molecule has 34 heavy (non-hydrogen) atoms. The van der Waals surface area contributed by atoms with Gasteiger partial charge in [0.1, 0.15) is 6.04 Å². The topological polar surface area (TPSA) is 73.0 Å². The second-order valence-corrected chi connectivity index (χ2v) is 9.27. The largest absolute Gasteiger partial charge is 0.418 e. The molecule has 0 spiro atoms. The van der Waals surface area contributed by atoms with E-state index >= 15 is 0 Å². The van der Waals surface area contributed by atoms with Crippen LogP contribution in [0, 0.1) is 0 Å². The van der Waals surface area contributed by atoms with Crippen molar-refractivity contribution in [1.29, 1.82) is 0 Å². The zero-order valence-corrected chi connectivity index (χ0v) is 19.2. The van der Waals surface area contributed by atoms with Crippen LogP contribution in [0.15, 0.2) is 41.8 Å². The second-order valence-electron chi connectivity index (χ2n) is 8.33. The number of para-hydroxylation sites is 1. The number of halogens is 3. The first-order valence-corrected chi connectivity index (χ1v) is 11.9. The molecular formula is C23H25F3N4O3S. The molecule has 7 nitrogen and oxygen atoms in total. The van der Waals surface area contributed by atoms with E-state index in [0.717, 1.165) is 12.5 Å². The number of benzene rings is 1. The lowest BCUT2D eigenvalue weighted by Gasteiger charge is -2.37. The summed E-state index contributed by atoms with van der Waals surface area (Å²) in [5.41, 5.74) is -1.16. The van der Waals surface area contributed by atoms with Crippen LogP contribution < -0.4 is 5.32 Å². The second kappa shape index (κ2) is 10.1. The number of anilines is 1. The molecule has 0 unspecified atom stereocenters. The number of piperazine rings is 1. The van der Waals surface area contributed by atoms with Crippen molar-refractivity contribution in [3.8, 4) is 0 Å². The van der Waals surface area contributed by atoms with E-state index in [1.54, 1.807) is 20.8 Å². The molecule has 4 rings (SSSR count). The summed E-state index contributed by atoms with van der Waals surface area (Å²) in [4.78, 5) is 44.0. The van der Waals surface area contributed by atoms with Gasteiger partial charge in [0.25, 0.3) is 5.91 Å². The molecule has 0 bridgehead atoms. The number of amides is 3. The van der Waals surface area contributed by atoms with E-state index in [4.69, 9.17) is 0 Å². The fourth-order valence-electron chi connectivity index (χ4n) is 4.38. The van der Waals surface area contributed by atoms with Gasteiger partial charge in [0.05, 0.1) is 22.7 Å². The van der Waals surface area contributed by atoms with Crippen molar-refractivity contribution >= 4 is 34.7 Å². The van der Waals surface area contributed by atoms with Crippen LogP contribution in [0.3, 0.4) is 0 Å². The average molecular weight is 495 g/mol. The molecule has 0 radical (unpaired) electrons. The van der Waals surface area contributed by atoms with Crippen LogP contribution in [0.1, 0.15) is 28.1 Å². The van der Waals surface area contributed by atoms with E-state index in [-0.39, 0.29) is 24.0 Å². The Hall–Kier alpha value is -2.92. The van der Waals surface area contributed by atoms with E-state index in [9.17, 15) is 27.6 Å². The van der Waals surface area contributed by atoms with Gasteiger partial charge in [0, 0.05) is 32.7 Å². The summed E-state index contributed by atoms with van der Waals surface area (Å²) in [6.07, 6.45) is -3.17. The van der Waals surface area contributed by atoms with Crippen molar-refractivity contribution < 1.29 is 27.6 Å². The molecule has 2 fully saturated rings. The zero-order chi connectivity index (χ0) is 24.3. The third-order valence-corrected chi connectivity index (χ3v) is 6.95. The fraction of sp³-hybridized carbons (Fsp3) is 0.435. The molecule has 2 saturated heterocycles. The Morgan fingerprint density at radius 3 is 2.41 bits per heavy atom. The summed E-state index contributed by atoms with van der Waals surface area (Å²) in [7, 11) is 0. The van der Waals surface area contributed by atoms with Crippen LogP contribution in [-0.4, -0.2) is 77.7 Å². The number of carbonyl (C=O) groups is 3. The van der Waals surface area contributed by atoms with Gasteiger partial charge >= 0.3 is 6.18 Å². The molecule has 1 N–H and O–H groups in total. The van der Waals surface area contributed by atoms with Gasteiger partial charge in [-0.2, -0.15) is 13.2 Å². The monoisotopic (exact) mass is 494 g/mol. The lowest BCUT2D eigenvalue weighted by molar-refractivity contribution is -0.137. The number of nitrogens with zero attached hydrogens (tertiary/aromatic N) is 3. The third-order valence-electron chi connectivity index (χ3n) is 6.09. The van der Waals surface area contributed by atoms with Gasteiger partial charge < -0.3 is 15.1 Å². The highest BCUT2D eigenvalue weighted by molar-refractivity contribution is 7.12. The number of likely N-dealkylation sites (tertiary alicyclic amines) is 1. The number of nitrogens with one attached hydrogen (secondary N) is 1. The quantitative estimate of drug-likeness (QED) is 0.693.